The molecular formula is C15H15N3S. The van der Waals surface area contributed by atoms with E-state index in [1.807, 2.05) is 35.9 Å². The molecule has 0 saturated heterocycles. The first kappa shape index (κ1) is 12.0. The third-order valence-electron chi connectivity index (χ3n) is 3.17. The summed E-state index contributed by atoms with van der Waals surface area (Å²) in [5.74, 6) is 0.743. The maximum absolute atomic E-state index is 6.16. The minimum atomic E-state index is 0.707. The van der Waals surface area contributed by atoms with Crippen molar-refractivity contribution in [1.29, 1.82) is 0 Å². The van der Waals surface area contributed by atoms with Gasteiger partial charge in [-0.1, -0.05) is 36.4 Å². The van der Waals surface area contributed by atoms with E-state index in [0.717, 1.165) is 22.0 Å². The zero-order chi connectivity index (χ0) is 13.2. The Bertz CT molecular complexity index is 669. The molecular weight excluding hydrogens is 254 g/mol. The molecule has 2 aromatic heterocycles. The molecule has 2 heterocycles. The van der Waals surface area contributed by atoms with Gasteiger partial charge in [0.2, 0.25) is 0 Å². The lowest BCUT2D eigenvalue weighted by Crippen LogP contribution is -2.06. The van der Waals surface area contributed by atoms with Gasteiger partial charge in [-0.25, -0.2) is 4.68 Å². The summed E-state index contributed by atoms with van der Waals surface area (Å²) in [7, 11) is 0. The van der Waals surface area contributed by atoms with Gasteiger partial charge in [0.25, 0.3) is 0 Å². The van der Waals surface area contributed by atoms with E-state index in [-0.39, 0.29) is 0 Å². The SMILES string of the molecule is Cc1c(-c2cccs2)nn(Cc2ccccc2)c1N. The lowest BCUT2D eigenvalue weighted by molar-refractivity contribution is 0.700. The first-order chi connectivity index (χ1) is 9.25. The van der Waals surface area contributed by atoms with E-state index in [4.69, 9.17) is 5.73 Å². The normalized spacial score (nSPS) is 10.8. The Labute approximate surface area is 116 Å². The molecule has 0 saturated carbocycles. The first-order valence-corrected chi connectivity index (χ1v) is 7.04. The fraction of sp³-hybridized carbons (Fsp3) is 0.133. The predicted octanol–water partition coefficient (Wildman–Crippen LogP) is 3.55. The van der Waals surface area contributed by atoms with E-state index in [2.05, 4.69) is 28.7 Å². The second kappa shape index (κ2) is 4.90. The number of nitrogens with two attached hydrogens (primary N) is 1. The molecule has 0 atom stereocenters. The summed E-state index contributed by atoms with van der Waals surface area (Å²) in [6, 6.07) is 14.4. The minimum absolute atomic E-state index is 0.707. The minimum Gasteiger partial charge on any atom is -0.384 e. The molecule has 3 rings (SSSR count). The molecule has 0 spiro atoms. The van der Waals surface area contributed by atoms with Crippen LogP contribution in [0.2, 0.25) is 0 Å². The molecule has 1 aromatic carbocycles. The van der Waals surface area contributed by atoms with E-state index in [1.54, 1.807) is 11.3 Å². The predicted molar refractivity (Wildman–Crippen MR) is 80.2 cm³/mol. The van der Waals surface area contributed by atoms with Crippen molar-refractivity contribution < 1.29 is 0 Å². The maximum Gasteiger partial charge on any atom is 0.125 e. The molecule has 0 fully saturated rings. The lowest BCUT2D eigenvalue weighted by atomic mass is 10.2. The second-order valence-corrected chi connectivity index (χ2v) is 5.43. The van der Waals surface area contributed by atoms with Crippen molar-refractivity contribution in [2.24, 2.45) is 0 Å². The molecule has 3 aromatic rings. The van der Waals surface area contributed by atoms with Gasteiger partial charge in [-0.2, -0.15) is 5.10 Å². The number of anilines is 1. The van der Waals surface area contributed by atoms with Gasteiger partial charge in [-0.15, -0.1) is 11.3 Å². The number of aromatic nitrogens is 2. The molecule has 0 amide bonds. The van der Waals surface area contributed by atoms with Crippen LogP contribution in [0.3, 0.4) is 0 Å². The summed E-state index contributed by atoms with van der Waals surface area (Å²) in [5.41, 5.74) is 9.41. The maximum atomic E-state index is 6.16. The molecule has 0 radical (unpaired) electrons. The van der Waals surface area contributed by atoms with Crippen LogP contribution in [0, 0.1) is 6.92 Å². The largest absolute Gasteiger partial charge is 0.384 e. The topological polar surface area (TPSA) is 43.8 Å². The standard InChI is InChI=1S/C15H15N3S/c1-11-14(13-8-5-9-19-13)17-18(15(11)16)10-12-6-3-2-4-7-12/h2-9H,10,16H2,1H3. The Hall–Kier alpha value is -2.07. The fourth-order valence-corrected chi connectivity index (χ4v) is 2.86. The third-order valence-corrected chi connectivity index (χ3v) is 4.04. The van der Waals surface area contributed by atoms with Crippen molar-refractivity contribution >= 4 is 17.2 Å². The molecule has 96 valence electrons. The number of thiophene rings is 1. The second-order valence-electron chi connectivity index (χ2n) is 4.48. The molecule has 0 bridgehead atoms. The number of rotatable bonds is 3. The van der Waals surface area contributed by atoms with Crippen LogP contribution in [0.4, 0.5) is 5.82 Å². The highest BCUT2D eigenvalue weighted by Crippen LogP contribution is 2.29. The zero-order valence-electron chi connectivity index (χ0n) is 10.7. The molecule has 19 heavy (non-hydrogen) atoms. The van der Waals surface area contributed by atoms with Crippen molar-refractivity contribution in [1.82, 2.24) is 9.78 Å². The molecule has 4 heteroatoms. The highest BCUT2D eigenvalue weighted by Gasteiger charge is 2.14. The van der Waals surface area contributed by atoms with Crippen molar-refractivity contribution in [3.63, 3.8) is 0 Å². The van der Waals surface area contributed by atoms with Crippen LogP contribution in [0.1, 0.15) is 11.1 Å². The molecule has 0 aliphatic carbocycles. The fourth-order valence-electron chi connectivity index (χ4n) is 2.09. The van der Waals surface area contributed by atoms with Crippen LogP contribution in [0.25, 0.3) is 10.6 Å². The Morgan fingerprint density at radius 2 is 1.95 bits per heavy atom. The van der Waals surface area contributed by atoms with E-state index in [0.29, 0.717) is 6.54 Å². The number of hydrogen-bond acceptors (Lipinski definition) is 3. The highest BCUT2D eigenvalue weighted by atomic mass is 32.1. The summed E-state index contributed by atoms with van der Waals surface area (Å²) in [6.07, 6.45) is 0. The summed E-state index contributed by atoms with van der Waals surface area (Å²) in [4.78, 5) is 1.16. The van der Waals surface area contributed by atoms with Crippen molar-refractivity contribution in [2.45, 2.75) is 13.5 Å². The summed E-state index contributed by atoms with van der Waals surface area (Å²) in [6.45, 7) is 2.73. The quantitative estimate of drug-likeness (QED) is 0.790. The van der Waals surface area contributed by atoms with Gasteiger partial charge < -0.3 is 5.73 Å². The lowest BCUT2D eigenvalue weighted by Gasteiger charge is -2.03. The van der Waals surface area contributed by atoms with Gasteiger partial charge in [0.1, 0.15) is 11.5 Å². The number of nitrogen functional groups attached to an aromatic ring is 1. The summed E-state index contributed by atoms with van der Waals surface area (Å²) in [5, 5.41) is 6.71. The smallest absolute Gasteiger partial charge is 0.125 e. The van der Waals surface area contributed by atoms with Crippen LogP contribution in [0.5, 0.6) is 0 Å². The molecule has 2 N–H and O–H groups in total. The van der Waals surface area contributed by atoms with E-state index in [1.165, 1.54) is 5.56 Å². The summed E-state index contributed by atoms with van der Waals surface area (Å²) < 4.78 is 1.87. The number of benzene rings is 1. The van der Waals surface area contributed by atoms with E-state index < -0.39 is 0 Å². The Balaban J connectivity index is 1.98. The van der Waals surface area contributed by atoms with Gasteiger partial charge >= 0.3 is 0 Å². The number of nitrogens with zero attached hydrogens (tertiary/aromatic N) is 2. The van der Waals surface area contributed by atoms with Crippen molar-refractivity contribution in [3.05, 3.63) is 59.0 Å². The molecule has 0 aliphatic rings. The van der Waals surface area contributed by atoms with Gasteiger partial charge in [-0.05, 0) is 23.9 Å². The number of hydrogen-bond donors (Lipinski definition) is 1. The van der Waals surface area contributed by atoms with Crippen LogP contribution in [-0.2, 0) is 6.54 Å². The Kier molecular flexibility index (Phi) is 3.09. The highest BCUT2D eigenvalue weighted by molar-refractivity contribution is 7.13. The first-order valence-electron chi connectivity index (χ1n) is 6.16. The third kappa shape index (κ3) is 2.27. The van der Waals surface area contributed by atoms with Crippen LogP contribution in [0.15, 0.2) is 47.8 Å². The average molecular weight is 269 g/mol. The van der Waals surface area contributed by atoms with Gasteiger partial charge in [0.05, 0.1) is 11.4 Å². The van der Waals surface area contributed by atoms with E-state index in [9.17, 15) is 0 Å². The zero-order valence-corrected chi connectivity index (χ0v) is 11.5. The van der Waals surface area contributed by atoms with Gasteiger partial charge in [0, 0.05) is 5.56 Å². The van der Waals surface area contributed by atoms with E-state index >= 15 is 0 Å². The van der Waals surface area contributed by atoms with Gasteiger partial charge in [-0.3, -0.25) is 0 Å². The average Bonchev–Trinajstić information content (AvgIpc) is 3.04. The monoisotopic (exact) mass is 269 g/mol. The van der Waals surface area contributed by atoms with Crippen LogP contribution >= 0.6 is 11.3 Å². The molecule has 0 aliphatic heterocycles. The van der Waals surface area contributed by atoms with Crippen molar-refractivity contribution in [2.75, 3.05) is 5.73 Å². The van der Waals surface area contributed by atoms with Gasteiger partial charge in [0.15, 0.2) is 0 Å². The van der Waals surface area contributed by atoms with Crippen molar-refractivity contribution in [3.8, 4) is 10.6 Å². The van der Waals surface area contributed by atoms with Crippen LogP contribution < -0.4 is 5.73 Å². The summed E-state index contributed by atoms with van der Waals surface area (Å²) >= 11 is 1.69. The molecule has 0 unspecified atom stereocenters. The Morgan fingerprint density at radius 1 is 1.16 bits per heavy atom. The van der Waals surface area contributed by atoms with Crippen LogP contribution in [-0.4, -0.2) is 9.78 Å². The molecule has 3 nitrogen and oxygen atoms in total. The Morgan fingerprint density at radius 3 is 2.63 bits per heavy atom.